The van der Waals surface area contributed by atoms with Gasteiger partial charge in [-0.25, -0.2) is 0 Å². The van der Waals surface area contributed by atoms with Crippen molar-refractivity contribution in [3.63, 3.8) is 0 Å². The van der Waals surface area contributed by atoms with Crippen LogP contribution in [0.15, 0.2) is 36.4 Å². The molecular formula is C24H30N2O2. The molecule has 2 aromatic carbocycles. The predicted octanol–water partition coefficient (Wildman–Crippen LogP) is 4.36. The van der Waals surface area contributed by atoms with E-state index in [0.717, 1.165) is 31.5 Å². The van der Waals surface area contributed by atoms with E-state index >= 15 is 0 Å². The summed E-state index contributed by atoms with van der Waals surface area (Å²) in [5.74, 6) is 0.412. The van der Waals surface area contributed by atoms with Crippen molar-refractivity contribution in [2.24, 2.45) is 5.41 Å². The van der Waals surface area contributed by atoms with Crippen molar-refractivity contribution >= 4 is 11.6 Å². The number of fused-ring (bicyclic) bond motifs is 1. The zero-order chi connectivity index (χ0) is 19.7. The van der Waals surface area contributed by atoms with E-state index in [9.17, 15) is 9.90 Å². The fourth-order valence-electron chi connectivity index (χ4n) is 4.84. The van der Waals surface area contributed by atoms with Crippen molar-refractivity contribution in [2.75, 3.05) is 24.5 Å². The number of benzene rings is 2. The van der Waals surface area contributed by atoms with Crippen molar-refractivity contribution in [1.82, 2.24) is 5.32 Å². The van der Waals surface area contributed by atoms with Gasteiger partial charge in [0.05, 0.1) is 0 Å². The number of carbonyl (C=O) groups excluding carboxylic acids is 1. The van der Waals surface area contributed by atoms with Crippen molar-refractivity contribution in [3.8, 4) is 5.75 Å². The van der Waals surface area contributed by atoms with Gasteiger partial charge in [0.1, 0.15) is 5.75 Å². The zero-order valence-electron chi connectivity index (χ0n) is 16.9. The van der Waals surface area contributed by atoms with Crippen LogP contribution in [0.3, 0.4) is 0 Å². The van der Waals surface area contributed by atoms with Crippen LogP contribution in [0.25, 0.3) is 0 Å². The molecule has 4 heteroatoms. The number of hydrogen-bond acceptors (Lipinski definition) is 3. The maximum Gasteiger partial charge on any atom is 0.251 e. The lowest BCUT2D eigenvalue weighted by Gasteiger charge is -2.51. The molecule has 0 unspecified atom stereocenters. The minimum Gasteiger partial charge on any atom is -0.508 e. The molecule has 0 bridgehead atoms. The maximum atomic E-state index is 12.2. The normalized spacial score (nSPS) is 17.1. The summed E-state index contributed by atoms with van der Waals surface area (Å²) >= 11 is 0. The molecule has 0 radical (unpaired) electrons. The first-order valence-electron chi connectivity index (χ1n) is 10.4. The summed E-state index contributed by atoms with van der Waals surface area (Å²) in [5, 5.41) is 13.4. The van der Waals surface area contributed by atoms with Gasteiger partial charge in [-0.1, -0.05) is 24.6 Å². The van der Waals surface area contributed by atoms with E-state index in [1.54, 1.807) is 0 Å². The molecule has 4 rings (SSSR count). The summed E-state index contributed by atoms with van der Waals surface area (Å²) in [6.45, 7) is 6.81. The number of nitrogens with zero attached hydrogens (tertiary/aromatic N) is 1. The summed E-state index contributed by atoms with van der Waals surface area (Å²) in [4.78, 5) is 14.7. The SMILES string of the molecule is Cc1c(O)cc2c(c1C)N(CCCNC(=O)c1ccccc1)CC1(CCC1)C2. The Hall–Kier alpha value is -2.49. The number of nitrogens with one attached hydrogen (secondary N) is 1. The fourth-order valence-corrected chi connectivity index (χ4v) is 4.84. The second-order valence-electron chi connectivity index (χ2n) is 8.58. The fraction of sp³-hybridized carbons (Fsp3) is 0.458. The summed E-state index contributed by atoms with van der Waals surface area (Å²) in [6, 6.07) is 11.4. The van der Waals surface area contributed by atoms with Gasteiger partial charge >= 0.3 is 0 Å². The van der Waals surface area contributed by atoms with E-state index in [1.165, 1.54) is 36.1 Å². The van der Waals surface area contributed by atoms with Gasteiger partial charge in [-0.3, -0.25) is 4.79 Å². The van der Waals surface area contributed by atoms with Crippen LogP contribution in [-0.4, -0.2) is 30.6 Å². The monoisotopic (exact) mass is 378 g/mol. The third-order valence-corrected chi connectivity index (χ3v) is 6.67. The van der Waals surface area contributed by atoms with Gasteiger partial charge in [0.25, 0.3) is 5.91 Å². The summed E-state index contributed by atoms with van der Waals surface area (Å²) in [6.07, 6.45) is 5.86. The smallest absolute Gasteiger partial charge is 0.251 e. The first-order valence-corrected chi connectivity index (χ1v) is 10.4. The number of carbonyl (C=O) groups is 1. The first kappa shape index (κ1) is 18.9. The number of phenolic OH excluding ortho intramolecular Hbond substituents is 1. The highest BCUT2D eigenvalue weighted by atomic mass is 16.3. The third-order valence-electron chi connectivity index (χ3n) is 6.67. The summed E-state index contributed by atoms with van der Waals surface area (Å²) in [5.41, 5.74) is 5.86. The molecule has 0 atom stereocenters. The second kappa shape index (κ2) is 7.50. The first-order chi connectivity index (χ1) is 13.5. The molecule has 1 aliphatic carbocycles. The average molecular weight is 379 g/mol. The number of rotatable bonds is 5. The number of anilines is 1. The van der Waals surface area contributed by atoms with E-state index < -0.39 is 0 Å². The Bertz CT molecular complexity index is 872. The molecule has 1 amide bonds. The predicted molar refractivity (Wildman–Crippen MR) is 113 cm³/mol. The zero-order valence-corrected chi connectivity index (χ0v) is 16.9. The van der Waals surface area contributed by atoms with Gasteiger partial charge in [-0.2, -0.15) is 0 Å². The highest BCUT2D eigenvalue weighted by molar-refractivity contribution is 5.94. The molecule has 1 saturated carbocycles. The number of amides is 1. The molecule has 0 aromatic heterocycles. The molecule has 2 N–H and O–H groups in total. The summed E-state index contributed by atoms with van der Waals surface area (Å²) < 4.78 is 0. The minimum absolute atomic E-state index is 0.00736. The Labute approximate surface area is 167 Å². The molecule has 2 aromatic rings. The third kappa shape index (κ3) is 3.48. The molecule has 0 saturated heterocycles. The van der Waals surface area contributed by atoms with E-state index in [2.05, 4.69) is 17.1 Å². The molecule has 1 aliphatic heterocycles. The van der Waals surface area contributed by atoms with Crippen LogP contribution >= 0.6 is 0 Å². The highest BCUT2D eigenvalue weighted by Crippen LogP contribution is 2.51. The van der Waals surface area contributed by atoms with Crippen LogP contribution in [0.4, 0.5) is 5.69 Å². The molecular weight excluding hydrogens is 348 g/mol. The van der Waals surface area contributed by atoms with Crippen LogP contribution in [0.2, 0.25) is 0 Å². The van der Waals surface area contributed by atoms with Crippen molar-refractivity contribution in [1.29, 1.82) is 0 Å². The lowest BCUT2D eigenvalue weighted by atomic mass is 9.63. The highest BCUT2D eigenvalue weighted by Gasteiger charge is 2.43. The van der Waals surface area contributed by atoms with Crippen molar-refractivity contribution in [3.05, 3.63) is 58.7 Å². The Kier molecular flexibility index (Phi) is 5.05. The van der Waals surface area contributed by atoms with Crippen LogP contribution in [-0.2, 0) is 6.42 Å². The van der Waals surface area contributed by atoms with E-state index in [1.807, 2.05) is 43.3 Å². The lowest BCUT2D eigenvalue weighted by molar-refractivity contribution is 0.0952. The van der Waals surface area contributed by atoms with E-state index in [4.69, 9.17) is 0 Å². The minimum atomic E-state index is -0.00736. The molecule has 1 heterocycles. The molecule has 1 fully saturated rings. The number of hydrogen-bond donors (Lipinski definition) is 2. The van der Waals surface area contributed by atoms with Crippen LogP contribution < -0.4 is 10.2 Å². The van der Waals surface area contributed by atoms with E-state index in [0.29, 0.717) is 23.3 Å². The molecule has 4 nitrogen and oxygen atoms in total. The quantitative estimate of drug-likeness (QED) is 0.760. The van der Waals surface area contributed by atoms with Crippen molar-refractivity contribution in [2.45, 2.75) is 46.0 Å². The summed E-state index contributed by atoms with van der Waals surface area (Å²) in [7, 11) is 0. The standard InChI is InChI=1S/C24H30N2O2/c1-17-18(2)22-20(14-21(17)27)15-24(10-6-11-24)16-26(22)13-7-12-25-23(28)19-8-4-3-5-9-19/h3-5,8-9,14,27H,6-7,10-13,15-16H2,1-2H3,(H,25,28). The Morgan fingerprint density at radius 1 is 1.18 bits per heavy atom. The van der Waals surface area contributed by atoms with Crippen LogP contribution in [0.5, 0.6) is 5.75 Å². The number of phenols is 1. The molecule has 28 heavy (non-hydrogen) atoms. The van der Waals surface area contributed by atoms with Crippen LogP contribution in [0, 0.1) is 19.3 Å². The molecule has 148 valence electrons. The Morgan fingerprint density at radius 2 is 1.93 bits per heavy atom. The van der Waals surface area contributed by atoms with Gasteiger partial charge in [-0.05, 0) is 79.8 Å². The lowest BCUT2D eigenvalue weighted by Crippen LogP contribution is -2.48. The number of aromatic hydroxyl groups is 1. The Morgan fingerprint density at radius 3 is 2.61 bits per heavy atom. The van der Waals surface area contributed by atoms with Gasteiger partial charge in [0, 0.05) is 30.9 Å². The van der Waals surface area contributed by atoms with Gasteiger partial charge < -0.3 is 15.3 Å². The second-order valence-corrected chi connectivity index (χ2v) is 8.58. The average Bonchev–Trinajstić information content (AvgIpc) is 2.68. The largest absolute Gasteiger partial charge is 0.508 e. The van der Waals surface area contributed by atoms with Gasteiger partial charge in [0.2, 0.25) is 0 Å². The van der Waals surface area contributed by atoms with Crippen molar-refractivity contribution < 1.29 is 9.90 Å². The molecule has 1 spiro atoms. The molecule has 2 aliphatic rings. The topological polar surface area (TPSA) is 52.6 Å². The van der Waals surface area contributed by atoms with E-state index in [-0.39, 0.29) is 5.91 Å². The maximum absolute atomic E-state index is 12.2. The van der Waals surface area contributed by atoms with Gasteiger partial charge in [-0.15, -0.1) is 0 Å². The van der Waals surface area contributed by atoms with Gasteiger partial charge in [0.15, 0.2) is 0 Å². The Balaban J connectivity index is 1.44. The van der Waals surface area contributed by atoms with Crippen LogP contribution in [0.1, 0.15) is 52.7 Å².